The Bertz CT molecular complexity index is 1320. The lowest BCUT2D eigenvalue weighted by molar-refractivity contribution is 0.404. The van der Waals surface area contributed by atoms with Crippen molar-refractivity contribution < 1.29 is 17.6 Å². The fourth-order valence-electron chi connectivity index (χ4n) is 2.30. The fraction of sp³-hybridized carbons (Fsp3) is 0. The third-order valence-electron chi connectivity index (χ3n) is 3.52. The van der Waals surface area contributed by atoms with Gasteiger partial charge in [0.2, 0.25) is 0 Å². The molecule has 132 valence electrons. The van der Waals surface area contributed by atoms with Crippen LogP contribution in [0, 0.1) is 80.2 Å². The lowest BCUT2D eigenvalue weighted by atomic mass is 9.97. The topological polar surface area (TPSA) is 132 Å². The van der Waals surface area contributed by atoms with E-state index in [1.807, 2.05) is 0 Å². The van der Waals surface area contributed by atoms with Crippen LogP contribution in [0.5, 0.6) is 0 Å². The van der Waals surface area contributed by atoms with E-state index in [0.29, 0.717) is 0 Å². The van der Waals surface area contributed by atoms with Gasteiger partial charge in [-0.25, -0.2) is 8.78 Å². The van der Waals surface area contributed by atoms with Crippen molar-refractivity contribution in [2.24, 2.45) is 0 Å². The molecule has 1 heterocycles. The van der Waals surface area contributed by atoms with Gasteiger partial charge in [0.25, 0.3) is 11.9 Å². The lowest BCUT2D eigenvalue weighted by Gasteiger charge is -2.06. The van der Waals surface area contributed by atoms with Crippen molar-refractivity contribution in [3.63, 3.8) is 0 Å². The zero-order chi connectivity index (χ0) is 21.0. The lowest BCUT2D eigenvalue weighted by Crippen LogP contribution is -2.22. The highest BCUT2D eigenvalue weighted by Crippen LogP contribution is 2.22. The maximum absolute atomic E-state index is 14.0. The summed E-state index contributed by atoms with van der Waals surface area (Å²) in [5.74, 6) is -7.96. The summed E-state index contributed by atoms with van der Waals surface area (Å²) in [7, 11) is 0. The maximum atomic E-state index is 14.0. The molecule has 0 bridgehead atoms. The van der Waals surface area contributed by atoms with Crippen LogP contribution in [0.2, 0.25) is 0 Å². The minimum Gasteiger partial charge on any atom is -0.201 e. The maximum Gasteiger partial charge on any atom is 0.252 e. The van der Waals surface area contributed by atoms with E-state index in [1.54, 1.807) is 12.1 Å². The number of nitrogens with zero attached hydrogens (tertiary/aromatic N) is 6. The number of aromatic nitrogens is 1. The van der Waals surface area contributed by atoms with Crippen LogP contribution in [0.25, 0.3) is 11.1 Å². The molecule has 2 aromatic rings. The van der Waals surface area contributed by atoms with E-state index in [4.69, 9.17) is 10.5 Å². The van der Waals surface area contributed by atoms with Crippen molar-refractivity contribution in [2.45, 2.75) is 0 Å². The molecule has 0 N–H and O–H groups in total. The quantitative estimate of drug-likeness (QED) is 0.543. The van der Waals surface area contributed by atoms with Crippen molar-refractivity contribution in [2.75, 3.05) is 0 Å². The summed E-state index contributed by atoms with van der Waals surface area (Å²) in [6.07, 6.45) is 0. The van der Waals surface area contributed by atoms with Crippen LogP contribution < -0.4 is 10.4 Å². The molecule has 6 nitrogen and oxygen atoms in total. The molecular formula is C18H2F4N6. The number of hydrogen-bond acceptors (Lipinski definition) is 6. The van der Waals surface area contributed by atoms with Gasteiger partial charge in [-0.1, -0.05) is 0 Å². The first kappa shape index (κ1) is 19.6. The molecule has 10 heteroatoms. The van der Waals surface area contributed by atoms with Gasteiger partial charge in [0.15, 0.2) is 11.6 Å². The van der Waals surface area contributed by atoms with Crippen molar-refractivity contribution in [3.8, 4) is 30.3 Å². The zero-order valence-corrected chi connectivity index (χ0v) is 13.3. The van der Waals surface area contributed by atoms with Crippen molar-refractivity contribution in [1.29, 1.82) is 26.3 Å². The molecule has 0 aliphatic heterocycles. The van der Waals surface area contributed by atoms with Gasteiger partial charge in [0, 0.05) is 10.4 Å². The second-order valence-electron chi connectivity index (χ2n) is 4.95. The van der Waals surface area contributed by atoms with E-state index in [2.05, 4.69) is 4.98 Å². The first-order valence-electron chi connectivity index (χ1n) is 6.98. The Hall–Kier alpha value is -4.72. The molecule has 0 saturated carbocycles. The number of pyridine rings is 1. The highest BCUT2D eigenvalue weighted by atomic mass is 19.2. The minimum atomic E-state index is -2.01. The second kappa shape index (κ2) is 7.67. The van der Waals surface area contributed by atoms with Crippen LogP contribution in [-0.4, -0.2) is 4.98 Å². The Balaban J connectivity index is 3.22. The van der Waals surface area contributed by atoms with Gasteiger partial charge in [-0.05, 0) is 12.1 Å². The van der Waals surface area contributed by atoms with Crippen molar-refractivity contribution in [1.82, 2.24) is 4.98 Å². The molecule has 0 fully saturated rings. The number of benzene rings is 1. The average Bonchev–Trinajstić information content (AvgIpc) is 2.70. The van der Waals surface area contributed by atoms with Gasteiger partial charge in [-0.15, -0.1) is 0 Å². The summed E-state index contributed by atoms with van der Waals surface area (Å²) in [4.78, 5) is 2.38. The average molecular weight is 378 g/mol. The molecule has 0 saturated heterocycles. The van der Waals surface area contributed by atoms with Crippen LogP contribution in [0.4, 0.5) is 17.6 Å². The molecule has 2 rings (SSSR count). The highest BCUT2D eigenvalue weighted by molar-refractivity contribution is 5.79. The minimum absolute atomic E-state index is 0.252. The van der Waals surface area contributed by atoms with Crippen LogP contribution in [0.1, 0.15) is 16.7 Å². The van der Waals surface area contributed by atoms with E-state index < -0.39 is 51.0 Å². The molecule has 0 radical (unpaired) electrons. The largest absolute Gasteiger partial charge is 0.252 e. The molecule has 0 amide bonds. The highest BCUT2D eigenvalue weighted by Gasteiger charge is 2.25. The summed E-state index contributed by atoms with van der Waals surface area (Å²) in [5, 5.41) is 45.0. The van der Waals surface area contributed by atoms with Crippen LogP contribution in [-0.2, 0) is 0 Å². The predicted molar refractivity (Wildman–Crippen MR) is 81.9 cm³/mol. The molecular weight excluding hydrogens is 376 g/mol. The van der Waals surface area contributed by atoms with Crippen LogP contribution in [0.3, 0.4) is 0 Å². The molecule has 1 aromatic carbocycles. The Morgan fingerprint density at radius 3 is 1.61 bits per heavy atom. The summed E-state index contributed by atoms with van der Waals surface area (Å²) in [5.41, 5.74) is -3.77. The predicted octanol–water partition coefficient (Wildman–Crippen LogP) is 1.30. The smallest absolute Gasteiger partial charge is 0.201 e. The number of rotatable bonds is 1. The number of nitriles is 5. The zero-order valence-electron chi connectivity index (χ0n) is 13.3. The second-order valence-corrected chi connectivity index (χ2v) is 4.95. The first-order chi connectivity index (χ1) is 13.3. The summed E-state index contributed by atoms with van der Waals surface area (Å²) < 4.78 is 54.9. The third-order valence-corrected chi connectivity index (χ3v) is 3.52. The van der Waals surface area contributed by atoms with Gasteiger partial charge in [0.1, 0.15) is 23.8 Å². The van der Waals surface area contributed by atoms with E-state index >= 15 is 0 Å². The Morgan fingerprint density at radius 2 is 1.18 bits per heavy atom. The van der Waals surface area contributed by atoms with Crippen LogP contribution >= 0.6 is 0 Å². The van der Waals surface area contributed by atoms with Gasteiger partial charge < -0.3 is 0 Å². The molecule has 0 aliphatic rings. The fourth-order valence-corrected chi connectivity index (χ4v) is 2.30. The Kier molecular flexibility index (Phi) is 5.37. The molecule has 0 aliphatic carbocycles. The van der Waals surface area contributed by atoms with E-state index in [1.165, 1.54) is 18.2 Å². The van der Waals surface area contributed by atoms with E-state index in [9.17, 15) is 33.3 Å². The van der Waals surface area contributed by atoms with Gasteiger partial charge in [-0.2, -0.15) is 40.1 Å². The SMILES string of the molecule is N#CC(C#N)=c1cc(C#N)/c(=C(\C#N)c2c(F)c(F)nc(F)c2F)cc1C#N. The number of halogens is 4. The Labute approximate surface area is 154 Å². The van der Waals surface area contributed by atoms with Crippen molar-refractivity contribution in [3.05, 3.63) is 62.8 Å². The molecule has 0 spiro atoms. The standard InChI is InChI=1S/C18H2F4N6/c19-15-14(16(20)18(22)28-17(15)21)13(7-27)12-2-8(3-23)11(1-9(12)4-24)10(5-25)6-26/h1-2H/b13-12+. The van der Waals surface area contributed by atoms with Gasteiger partial charge in [-0.3, -0.25) is 0 Å². The van der Waals surface area contributed by atoms with Crippen molar-refractivity contribution >= 4 is 11.1 Å². The summed E-state index contributed by atoms with van der Waals surface area (Å²) >= 11 is 0. The third kappa shape index (κ3) is 3.08. The summed E-state index contributed by atoms with van der Waals surface area (Å²) in [6.45, 7) is 0. The van der Waals surface area contributed by atoms with E-state index in [0.717, 1.165) is 12.1 Å². The first-order valence-corrected chi connectivity index (χ1v) is 6.98. The van der Waals surface area contributed by atoms with Crippen LogP contribution in [0.15, 0.2) is 12.1 Å². The van der Waals surface area contributed by atoms with Gasteiger partial charge >= 0.3 is 0 Å². The molecule has 0 unspecified atom stereocenters. The summed E-state index contributed by atoms with van der Waals surface area (Å²) in [6, 6.07) is 9.28. The number of hydrogen-bond donors (Lipinski definition) is 0. The van der Waals surface area contributed by atoms with E-state index in [-0.39, 0.29) is 10.8 Å². The normalized spacial score (nSPS) is 10.5. The molecule has 0 atom stereocenters. The molecule has 1 aromatic heterocycles. The van der Waals surface area contributed by atoms with Gasteiger partial charge in [0.05, 0.1) is 34.4 Å². The monoisotopic (exact) mass is 378 g/mol. The Morgan fingerprint density at radius 1 is 0.714 bits per heavy atom. The molecule has 28 heavy (non-hydrogen) atoms.